The van der Waals surface area contributed by atoms with Gasteiger partial charge in [-0.3, -0.25) is 9.69 Å². The molecule has 1 amide bonds. The van der Waals surface area contributed by atoms with Crippen molar-refractivity contribution in [3.63, 3.8) is 0 Å². The van der Waals surface area contributed by atoms with Crippen molar-refractivity contribution in [2.75, 3.05) is 39.9 Å². The molecule has 7 heteroatoms. The number of piperidine rings is 1. The molecule has 1 spiro atoms. The monoisotopic (exact) mass is 372 g/mol. The van der Waals surface area contributed by atoms with Crippen molar-refractivity contribution >= 4 is 21.8 Å². The second kappa shape index (κ2) is 6.70. The van der Waals surface area contributed by atoms with Crippen molar-refractivity contribution in [1.29, 1.82) is 0 Å². The third kappa shape index (κ3) is 3.71. The van der Waals surface area contributed by atoms with Gasteiger partial charge in [0.05, 0.1) is 26.3 Å². The van der Waals surface area contributed by atoms with E-state index in [0.717, 1.165) is 18.6 Å². The van der Waals surface area contributed by atoms with Crippen LogP contribution in [0.2, 0.25) is 0 Å². The van der Waals surface area contributed by atoms with Crippen LogP contribution in [0.3, 0.4) is 0 Å². The molecule has 0 unspecified atom stereocenters. The number of carbonyl (C=O) groups excluding carboxylic acids is 1. The first kappa shape index (κ1) is 16.0. The molecule has 0 N–H and O–H groups in total. The number of carbonyl (C=O) groups is 1. The van der Waals surface area contributed by atoms with Gasteiger partial charge in [-0.25, -0.2) is 0 Å². The van der Waals surface area contributed by atoms with E-state index in [0.29, 0.717) is 44.1 Å². The van der Waals surface area contributed by atoms with E-state index in [2.05, 4.69) is 15.9 Å². The molecule has 0 aromatic carbocycles. The van der Waals surface area contributed by atoms with Crippen molar-refractivity contribution in [1.82, 2.24) is 9.80 Å². The molecule has 0 atom stereocenters. The number of nitrogens with zero attached hydrogens (tertiary/aromatic N) is 2. The molecule has 1 aromatic heterocycles. The molecule has 2 aliphatic heterocycles. The average molecular weight is 373 g/mol. The van der Waals surface area contributed by atoms with Crippen LogP contribution in [-0.4, -0.2) is 61.4 Å². The quantitative estimate of drug-likeness (QED) is 0.806. The average Bonchev–Trinajstić information content (AvgIpc) is 3.09. The van der Waals surface area contributed by atoms with Crippen LogP contribution in [0, 0.1) is 0 Å². The maximum absolute atomic E-state index is 12.4. The smallest absolute Gasteiger partial charge is 0.236 e. The Balaban J connectivity index is 1.46. The first-order valence-electron chi connectivity index (χ1n) is 7.55. The fourth-order valence-corrected chi connectivity index (χ4v) is 3.31. The molecule has 0 aliphatic carbocycles. The van der Waals surface area contributed by atoms with Crippen molar-refractivity contribution in [2.45, 2.75) is 25.2 Å². The van der Waals surface area contributed by atoms with Gasteiger partial charge in [-0.2, -0.15) is 0 Å². The van der Waals surface area contributed by atoms with Gasteiger partial charge in [-0.15, -0.1) is 0 Å². The minimum absolute atomic E-state index is 0.140. The van der Waals surface area contributed by atoms with Crippen LogP contribution in [0.4, 0.5) is 0 Å². The van der Waals surface area contributed by atoms with Gasteiger partial charge in [-0.1, -0.05) is 0 Å². The highest BCUT2D eigenvalue weighted by molar-refractivity contribution is 9.10. The van der Waals surface area contributed by atoms with Crippen LogP contribution < -0.4 is 0 Å². The maximum atomic E-state index is 12.4. The minimum Gasteiger partial charge on any atom is -0.453 e. The molecule has 22 heavy (non-hydrogen) atoms. The van der Waals surface area contributed by atoms with Crippen molar-refractivity contribution in [3.8, 4) is 0 Å². The molecule has 1 aromatic rings. The number of ether oxygens (including phenoxy) is 2. The molecule has 3 rings (SSSR count). The zero-order valence-corrected chi connectivity index (χ0v) is 14.3. The van der Waals surface area contributed by atoms with Gasteiger partial charge in [-0.05, 0) is 35.1 Å². The topological polar surface area (TPSA) is 55.2 Å². The number of likely N-dealkylation sites (N-methyl/N-ethyl adjacent to an activating group) is 1. The van der Waals surface area contributed by atoms with E-state index in [1.165, 1.54) is 0 Å². The number of hydrogen-bond donors (Lipinski definition) is 0. The molecule has 2 fully saturated rings. The molecule has 122 valence electrons. The Morgan fingerprint density at radius 3 is 2.59 bits per heavy atom. The Hall–Kier alpha value is -0.890. The molecular weight excluding hydrogens is 352 g/mol. The van der Waals surface area contributed by atoms with Gasteiger partial charge in [0, 0.05) is 25.9 Å². The zero-order chi connectivity index (χ0) is 15.6. The first-order valence-corrected chi connectivity index (χ1v) is 8.34. The fourth-order valence-electron chi connectivity index (χ4n) is 2.97. The summed E-state index contributed by atoms with van der Waals surface area (Å²) in [5, 5.41) is 0. The minimum atomic E-state index is -0.427. The number of likely N-dealkylation sites (tertiary alicyclic amines) is 1. The Kier molecular flexibility index (Phi) is 4.87. The standard InChI is InChI=1S/C15H21BrN2O4/c1-17(10-12-2-3-13(16)22-12)11-14(19)18-6-4-15(5-7-18)20-8-9-21-15/h2-3H,4-11H2,1H3. The summed E-state index contributed by atoms with van der Waals surface area (Å²) in [6, 6.07) is 3.77. The highest BCUT2D eigenvalue weighted by Gasteiger charge is 2.40. The predicted octanol–water partition coefficient (Wildman–Crippen LogP) is 1.84. The summed E-state index contributed by atoms with van der Waals surface area (Å²) in [5.41, 5.74) is 0. The van der Waals surface area contributed by atoms with Crippen molar-refractivity contribution < 1.29 is 18.7 Å². The molecule has 0 radical (unpaired) electrons. The highest BCUT2D eigenvalue weighted by atomic mass is 79.9. The second-order valence-corrected chi connectivity index (χ2v) is 6.65. The van der Waals surface area contributed by atoms with E-state index in [-0.39, 0.29) is 5.91 Å². The Labute approximate surface area is 138 Å². The van der Waals surface area contributed by atoms with Crippen molar-refractivity contribution in [2.24, 2.45) is 0 Å². The van der Waals surface area contributed by atoms with Gasteiger partial charge in [0.1, 0.15) is 5.76 Å². The van der Waals surface area contributed by atoms with E-state index in [9.17, 15) is 4.79 Å². The van der Waals surface area contributed by atoms with Gasteiger partial charge >= 0.3 is 0 Å². The number of hydrogen-bond acceptors (Lipinski definition) is 5. The summed E-state index contributed by atoms with van der Waals surface area (Å²) in [4.78, 5) is 16.2. The molecule has 3 heterocycles. The molecule has 2 saturated heterocycles. The molecule has 0 saturated carbocycles. The third-order valence-corrected chi connectivity index (χ3v) is 4.58. The second-order valence-electron chi connectivity index (χ2n) is 5.87. The third-order valence-electron chi connectivity index (χ3n) is 4.15. The van der Waals surface area contributed by atoms with E-state index in [1.807, 2.05) is 29.0 Å². The number of furan rings is 1. The van der Waals surface area contributed by atoms with Gasteiger partial charge in [0.25, 0.3) is 0 Å². The fraction of sp³-hybridized carbons (Fsp3) is 0.667. The Morgan fingerprint density at radius 1 is 1.32 bits per heavy atom. The lowest BCUT2D eigenvalue weighted by atomic mass is 10.0. The van der Waals surface area contributed by atoms with Gasteiger partial charge in [0.15, 0.2) is 10.5 Å². The van der Waals surface area contributed by atoms with Crippen molar-refractivity contribution in [3.05, 3.63) is 22.6 Å². The summed E-state index contributed by atoms with van der Waals surface area (Å²) in [7, 11) is 1.92. The van der Waals surface area contributed by atoms with Crippen LogP contribution in [-0.2, 0) is 20.8 Å². The van der Waals surface area contributed by atoms with Crippen LogP contribution in [0.25, 0.3) is 0 Å². The van der Waals surface area contributed by atoms with E-state index < -0.39 is 5.79 Å². The molecule has 0 bridgehead atoms. The van der Waals surface area contributed by atoms with Gasteiger partial charge < -0.3 is 18.8 Å². The largest absolute Gasteiger partial charge is 0.453 e. The number of rotatable bonds is 4. The maximum Gasteiger partial charge on any atom is 0.236 e. The Bertz CT molecular complexity index is 517. The zero-order valence-electron chi connectivity index (χ0n) is 12.7. The van der Waals surface area contributed by atoms with Gasteiger partial charge in [0.2, 0.25) is 5.91 Å². The highest BCUT2D eigenvalue weighted by Crippen LogP contribution is 2.31. The molecule has 6 nitrogen and oxygen atoms in total. The van der Waals surface area contributed by atoms with E-state index in [4.69, 9.17) is 13.9 Å². The lowest BCUT2D eigenvalue weighted by Gasteiger charge is -2.38. The summed E-state index contributed by atoms with van der Waals surface area (Å²) < 4.78 is 17.5. The SMILES string of the molecule is CN(CC(=O)N1CCC2(CC1)OCCO2)Cc1ccc(Br)o1. The van der Waals surface area contributed by atoms with Crippen LogP contribution in [0.15, 0.2) is 21.2 Å². The van der Waals surface area contributed by atoms with E-state index >= 15 is 0 Å². The predicted molar refractivity (Wildman–Crippen MR) is 83.2 cm³/mol. The summed E-state index contributed by atoms with van der Waals surface area (Å²) in [5.74, 6) is 0.553. The number of halogens is 1. The normalized spacial score (nSPS) is 21.0. The Morgan fingerprint density at radius 2 is 2.00 bits per heavy atom. The molecular formula is C15H21BrN2O4. The lowest BCUT2D eigenvalue weighted by molar-refractivity contribution is -0.187. The molecule has 2 aliphatic rings. The summed E-state index contributed by atoms with van der Waals surface area (Å²) >= 11 is 3.28. The summed E-state index contributed by atoms with van der Waals surface area (Å²) in [6.45, 7) is 3.71. The van der Waals surface area contributed by atoms with Crippen LogP contribution in [0.5, 0.6) is 0 Å². The lowest BCUT2D eigenvalue weighted by Crippen LogP contribution is -2.49. The number of amides is 1. The summed E-state index contributed by atoms with van der Waals surface area (Å²) in [6.07, 6.45) is 1.52. The first-order chi connectivity index (χ1) is 10.6. The van der Waals surface area contributed by atoms with Crippen LogP contribution in [0.1, 0.15) is 18.6 Å². The van der Waals surface area contributed by atoms with Crippen LogP contribution >= 0.6 is 15.9 Å². The van der Waals surface area contributed by atoms with E-state index in [1.54, 1.807) is 0 Å².